The Morgan fingerprint density at radius 1 is 1.08 bits per heavy atom. The van der Waals surface area contributed by atoms with Gasteiger partial charge in [0.25, 0.3) is 5.91 Å². The number of halogens is 3. The first kappa shape index (κ1) is 26.8. The molecule has 0 aliphatic heterocycles. The summed E-state index contributed by atoms with van der Waals surface area (Å²) in [6.45, 7) is 1.88. The summed E-state index contributed by atoms with van der Waals surface area (Å²) < 4.78 is 39.1. The van der Waals surface area contributed by atoms with E-state index in [0.717, 1.165) is 28.3 Å². The number of anilines is 2. The Hall–Kier alpha value is -3.83. The minimum atomic E-state index is -4.57. The molecule has 2 aromatic heterocycles. The molecule has 0 unspecified atom stereocenters. The highest BCUT2D eigenvalue weighted by molar-refractivity contribution is 7.15. The van der Waals surface area contributed by atoms with Crippen LogP contribution in [0.1, 0.15) is 52.3 Å². The minimum absolute atomic E-state index is 0.0270. The third-order valence-corrected chi connectivity index (χ3v) is 7.89. The van der Waals surface area contributed by atoms with Gasteiger partial charge in [0.1, 0.15) is 16.3 Å². The maximum atomic E-state index is 13.0. The number of hydrogen-bond donors (Lipinski definition) is 3. The van der Waals surface area contributed by atoms with Crippen LogP contribution in [-0.2, 0) is 11.8 Å². The Kier molecular flexibility index (Phi) is 7.37. The summed E-state index contributed by atoms with van der Waals surface area (Å²) in [7, 11) is 0. The van der Waals surface area contributed by atoms with Crippen molar-refractivity contribution in [3.05, 3.63) is 88.8 Å². The summed E-state index contributed by atoms with van der Waals surface area (Å²) in [4.78, 5) is 25.3. The smallest absolute Gasteiger partial charge is 0.383 e. The van der Waals surface area contributed by atoms with Crippen molar-refractivity contribution in [1.29, 1.82) is 0 Å². The Morgan fingerprint density at radius 2 is 1.82 bits per heavy atom. The van der Waals surface area contributed by atoms with Crippen LogP contribution in [0.4, 0.5) is 24.8 Å². The average Bonchev–Trinajstić information content (AvgIpc) is 3.42. The van der Waals surface area contributed by atoms with Gasteiger partial charge in [-0.3, -0.25) is 4.79 Å². The molecule has 7 nitrogen and oxygen atoms in total. The highest BCUT2D eigenvalue weighted by Gasteiger charge is 2.38. The van der Waals surface area contributed by atoms with E-state index in [9.17, 15) is 23.1 Å². The molecule has 5 rings (SSSR count). The predicted octanol–water partition coefficient (Wildman–Crippen LogP) is 6.23. The number of aliphatic hydroxyl groups is 1. The van der Waals surface area contributed by atoms with Crippen LogP contribution in [0.3, 0.4) is 0 Å². The van der Waals surface area contributed by atoms with E-state index in [2.05, 4.69) is 25.6 Å². The van der Waals surface area contributed by atoms with E-state index >= 15 is 0 Å². The predicted molar refractivity (Wildman–Crippen MR) is 143 cm³/mol. The molecule has 202 valence electrons. The standard InChI is InChI=1S/C28H26F3N5O2S/c1-17-13-19(15-21(14-17)35-26-32-12-9-23(36-26)28(29,30)31)22-16-33-25(39-22)27(38)10-7-20(8-11-27)34-24(37)18-5-3-2-4-6-18/h2-6,9,12-16,20,38H,7-8,10-11H2,1H3,(H,34,37)(H,32,35,36)/t20-,27+. The molecule has 4 aromatic rings. The van der Waals surface area contributed by atoms with Crippen LogP contribution in [0.25, 0.3) is 10.4 Å². The molecular formula is C28H26F3N5O2S. The maximum absolute atomic E-state index is 13.0. The lowest BCUT2D eigenvalue weighted by Crippen LogP contribution is -2.42. The Labute approximate surface area is 227 Å². The first-order valence-electron chi connectivity index (χ1n) is 12.4. The Bertz CT molecular complexity index is 1470. The summed E-state index contributed by atoms with van der Waals surface area (Å²) in [6.07, 6.45) is 0.371. The largest absolute Gasteiger partial charge is 0.433 e. The second-order valence-corrected chi connectivity index (χ2v) is 10.7. The molecule has 2 heterocycles. The number of aryl methyl sites for hydroxylation is 1. The van der Waals surface area contributed by atoms with Crippen LogP contribution >= 0.6 is 11.3 Å². The van der Waals surface area contributed by atoms with Gasteiger partial charge in [-0.25, -0.2) is 15.0 Å². The zero-order valence-corrected chi connectivity index (χ0v) is 21.8. The normalized spacial score (nSPS) is 19.5. The number of alkyl halides is 3. The second-order valence-electron chi connectivity index (χ2n) is 9.65. The lowest BCUT2D eigenvalue weighted by Gasteiger charge is -2.34. The lowest BCUT2D eigenvalue weighted by atomic mass is 9.82. The van der Waals surface area contributed by atoms with Gasteiger partial charge >= 0.3 is 6.18 Å². The maximum Gasteiger partial charge on any atom is 0.433 e. The fourth-order valence-corrected chi connectivity index (χ4v) is 5.69. The molecule has 3 N–H and O–H groups in total. The zero-order chi connectivity index (χ0) is 27.6. The minimum Gasteiger partial charge on any atom is -0.383 e. The van der Waals surface area contributed by atoms with Gasteiger partial charge in [0.15, 0.2) is 0 Å². The van der Waals surface area contributed by atoms with Crippen molar-refractivity contribution in [3.63, 3.8) is 0 Å². The number of nitrogens with one attached hydrogen (secondary N) is 2. The van der Waals surface area contributed by atoms with E-state index in [1.807, 2.05) is 31.2 Å². The first-order chi connectivity index (χ1) is 18.6. The molecule has 0 saturated heterocycles. The number of rotatable bonds is 6. The molecule has 0 radical (unpaired) electrons. The van der Waals surface area contributed by atoms with Crippen LogP contribution < -0.4 is 10.6 Å². The van der Waals surface area contributed by atoms with Crippen molar-refractivity contribution in [2.45, 2.75) is 50.4 Å². The van der Waals surface area contributed by atoms with Crippen LogP contribution in [0, 0.1) is 6.92 Å². The number of amides is 1. The van der Waals surface area contributed by atoms with E-state index in [4.69, 9.17) is 0 Å². The third-order valence-electron chi connectivity index (χ3n) is 6.65. The second kappa shape index (κ2) is 10.7. The molecule has 1 amide bonds. The van der Waals surface area contributed by atoms with Crippen molar-refractivity contribution in [1.82, 2.24) is 20.3 Å². The number of thiazole rings is 1. The summed E-state index contributed by atoms with van der Waals surface area (Å²) in [5, 5.41) is 17.9. The molecule has 0 atom stereocenters. The summed E-state index contributed by atoms with van der Waals surface area (Å²) in [6, 6.07) is 15.3. The molecule has 1 fully saturated rings. The van der Waals surface area contributed by atoms with E-state index in [1.54, 1.807) is 30.5 Å². The quantitative estimate of drug-likeness (QED) is 0.262. The lowest BCUT2D eigenvalue weighted by molar-refractivity contribution is -0.141. The third kappa shape index (κ3) is 6.26. The van der Waals surface area contributed by atoms with Gasteiger partial charge in [0, 0.05) is 29.7 Å². The van der Waals surface area contributed by atoms with Gasteiger partial charge in [-0.1, -0.05) is 24.3 Å². The zero-order valence-electron chi connectivity index (χ0n) is 21.0. The Morgan fingerprint density at radius 3 is 2.54 bits per heavy atom. The van der Waals surface area contributed by atoms with Gasteiger partial charge in [0.05, 0.1) is 4.88 Å². The van der Waals surface area contributed by atoms with E-state index in [1.165, 1.54) is 11.3 Å². The van der Waals surface area contributed by atoms with Crippen LogP contribution in [0.15, 0.2) is 67.0 Å². The van der Waals surface area contributed by atoms with E-state index in [-0.39, 0.29) is 17.9 Å². The first-order valence-corrected chi connectivity index (χ1v) is 13.2. The number of nitrogens with zero attached hydrogens (tertiary/aromatic N) is 3. The monoisotopic (exact) mass is 553 g/mol. The van der Waals surface area contributed by atoms with E-state index in [0.29, 0.717) is 41.9 Å². The van der Waals surface area contributed by atoms with E-state index < -0.39 is 17.5 Å². The van der Waals surface area contributed by atoms with Crippen molar-refractivity contribution in [2.24, 2.45) is 0 Å². The highest BCUT2D eigenvalue weighted by Crippen LogP contribution is 2.41. The molecule has 0 bridgehead atoms. The van der Waals surface area contributed by atoms with Gasteiger partial charge in [-0.15, -0.1) is 11.3 Å². The summed E-state index contributed by atoms with van der Waals surface area (Å²) >= 11 is 1.38. The number of carbonyl (C=O) groups excluding carboxylic acids is 1. The van der Waals surface area contributed by atoms with Crippen LogP contribution in [-0.4, -0.2) is 32.0 Å². The van der Waals surface area contributed by atoms with Gasteiger partial charge in [-0.2, -0.15) is 13.2 Å². The summed E-state index contributed by atoms with van der Waals surface area (Å²) in [5.41, 5.74) is 0.712. The molecule has 2 aromatic carbocycles. The van der Waals surface area contributed by atoms with Crippen molar-refractivity contribution in [2.75, 3.05) is 5.32 Å². The van der Waals surface area contributed by atoms with Gasteiger partial charge in [-0.05, 0) is 74.1 Å². The molecule has 1 aliphatic carbocycles. The topological polar surface area (TPSA) is 100 Å². The van der Waals surface area contributed by atoms with Crippen LogP contribution in [0.5, 0.6) is 0 Å². The number of aromatic nitrogens is 3. The van der Waals surface area contributed by atoms with Gasteiger partial charge in [0.2, 0.25) is 5.95 Å². The molecule has 1 aliphatic rings. The van der Waals surface area contributed by atoms with Crippen molar-refractivity contribution < 1.29 is 23.1 Å². The Balaban J connectivity index is 1.27. The number of hydrogen-bond acceptors (Lipinski definition) is 7. The molecule has 1 saturated carbocycles. The average molecular weight is 554 g/mol. The molecular weight excluding hydrogens is 527 g/mol. The number of carbonyl (C=O) groups is 1. The van der Waals surface area contributed by atoms with Crippen LogP contribution in [0.2, 0.25) is 0 Å². The molecule has 11 heteroatoms. The SMILES string of the molecule is Cc1cc(Nc2nccc(C(F)(F)F)n2)cc(-c2cnc([C@]3(O)CC[C@@H](NC(=O)c4ccccc4)CC3)s2)c1. The molecule has 39 heavy (non-hydrogen) atoms. The summed E-state index contributed by atoms with van der Waals surface area (Å²) in [5.74, 6) is -0.279. The fraction of sp³-hybridized carbons (Fsp3) is 0.286. The fourth-order valence-electron chi connectivity index (χ4n) is 4.64. The van der Waals surface area contributed by atoms with Gasteiger partial charge < -0.3 is 15.7 Å². The van der Waals surface area contributed by atoms with Crippen molar-refractivity contribution >= 4 is 28.9 Å². The number of benzene rings is 2. The van der Waals surface area contributed by atoms with Crippen molar-refractivity contribution in [3.8, 4) is 10.4 Å². The molecule has 0 spiro atoms. The highest BCUT2D eigenvalue weighted by atomic mass is 32.1.